The van der Waals surface area contributed by atoms with Gasteiger partial charge in [0, 0.05) is 26.7 Å². The van der Waals surface area contributed by atoms with Gasteiger partial charge in [0.15, 0.2) is 11.7 Å². The van der Waals surface area contributed by atoms with Crippen molar-refractivity contribution in [2.45, 2.75) is 52.0 Å². The highest BCUT2D eigenvalue weighted by Gasteiger charge is 2.10. The third kappa shape index (κ3) is 6.33. The molecule has 0 saturated heterocycles. The molecule has 5 heteroatoms. The highest BCUT2D eigenvalue weighted by Crippen LogP contribution is 2.13. The number of aromatic nitrogens is 1. The predicted octanol–water partition coefficient (Wildman–Crippen LogP) is 3.55. The van der Waals surface area contributed by atoms with E-state index in [-0.39, 0.29) is 0 Å². The van der Waals surface area contributed by atoms with Gasteiger partial charge in [-0.1, -0.05) is 31.5 Å². The predicted molar refractivity (Wildman–Crippen MR) is 92.1 cm³/mol. The fourth-order valence-corrected chi connectivity index (χ4v) is 2.16. The van der Waals surface area contributed by atoms with Crippen molar-refractivity contribution in [1.82, 2.24) is 15.4 Å². The Morgan fingerprint density at radius 2 is 2.23 bits per heavy atom. The van der Waals surface area contributed by atoms with E-state index >= 15 is 0 Å². The number of hydrogen-bond donors (Lipinski definition) is 1. The van der Waals surface area contributed by atoms with E-state index in [4.69, 9.17) is 4.52 Å². The number of unbranched alkanes of at least 4 members (excludes halogenated alkanes) is 3. The van der Waals surface area contributed by atoms with Gasteiger partial charge < -0.3 is 14.7 Å². The second kappa shape index (κ2) is 10.0. The summed E-state index contributed by atoms with van der Waals surface area (Å²) in [5, 5.41) is 7.38. The molecule has 0 unspecified atom stereocenters. The van der Waals surface area contributed by atoms with Crippen LogP contribution in [0.3, 0.4) is 0 Å². The van der Waals surface area contributed by atoms with Gasteiger partial charge in [-0.05, 0) is 25.2 Å². The van der Waals surface area contributed by atoms with E-state index < -0.39 is 0 Å². The maximum atomic E-state index is 5.33. The molecular formula is C17H30N4O. The van der Waals surface area contributed by atoms with Gasteiger partial charge in [-0.2, -0.15) is 0 Å². The largest absolute Gasteiger partial charge is 0.359 e. The lowest BCUT2D eigenvalue weighted by Crippen LogP contribution is -2.38. The lowest BCUT2D eigenvalue weighted by Gasteiger charge is -2.21. The van der Waals surface area contributed by atoms with Gasteiger partial charge in [-0.3, -0.25) is 4.99 Å². The second-order valence-corrected chi connectivity index (χ2v) is 5.83. The maximum Gasteiger partial charge on any atom is 0.193 e. The molecule has 1 rings (SSSR count). The zero-order valence-corrected chi connectivity index (χ0v) is 14.4. The molecule has 1 aromatic rings. The highest BCUT2D eigenvalue weighted by atomic mass is 16.5. The minimum atomic E-state index is 0.384. The van der Waals surface area contributed by atoms with Crippen LogP contribution in [0.25, 0.3) is 0 Å². The first-order chi connectivity index (χ1) is 10.6. The number of aliphatic imine (C=N–C) groups is 1. The maximum absolute atomic E-state index is 5.33. The molecule has 1 N–H and O–H groups in total. The molecule has 1 heterocycles. The summed E-state index contributed by atoms with van der Waals surface area (Å²) in [6.07, 6.45) is 6.66. The molecule has 0 amide bonds. The number of hydrogen-bond acceptors (Lipinski definition) is 3. The SMILES string of the molecule is C=CCCCCCN(C)C(=NC)NCc1cc(C(C)C)no1. The molecule has 0 aromatic carbocycles. The summed E-state index contributed by atoms with van der Waals surface area (Å²) in [4.78, 5) is 6.46. The van der Waals surface area contributed by atoms with Gasteiger partial charge in [-0.25, -0.2) is 0 Å². The minimum Gasteiger partial charge on any atom is -0.359 e. The van der Waals surface area contributed by atoms with Gasteiger partial charge in [0.2, 0.25) is 0 Å². The summed E-state index contributed by atoms with van der Waals surface area (Å²) < 4.78 is 5.33. The molecule has 5 nitrogen and oxygen atoms in total. The summed E-state index contributed by atoms with van der Waals surface area (Å²) in [6, 6.07) is 2.00. The summed E-state index contributed by atoms with van der Waals surface area (Å²) in [6.45, 7) is 9.55. The van der Waals surface area contributed by atoms with Gasteiger partial charge >= 0.3 is 0 Å². The van der Waals surface area contributed by atoms with E-state index in [0.29, 0.717) is 12.5 Å². The molecule has 0 atom stereocenters. The Hall–Kier alpha value is -1.78. The molecule has 0 radical (unpaired) electrons. The van der Waals surface area contributed by atoms with E-state index in [1.165, 1.54) is 12.8 Å². The van der Waals surface area contributed by atoms with Gasteiger partial charge in [0.25, 0.3) is 0 Å². The number of nitrogens with one attached hydrogen (secondary N) is 1. The summed E-state index contributed by atoms with van der Waals surface area (Å²) in [5.41, 5.74) is 0.988. The average Bonchev–Trinajstić information content (AvgIpc) is 2.97. The lowest BCUT2D eigenvalue weighted by atomic mass is 10.1. The van der Waals surface area contributed by atoms with Crippen molar-refractivity contribution in [2.75, 3.05) is 20.6 Å². The Bertz CT molecular complexity index is 465. The van der Waals surface area contributed by atoms with Crippen molar-refractivity contribution in [3.63, 3.8) is 0 Å². The zero-order valence-electron chi connectivity index (χ0n) is 14.4. The van der Waals surface area contributed by atoms with Crippen LogP contribution in [-0.4, -0.2) is 36.7 Å². The van der Waals surface area contributed by atoms with E-state index in [9.17, 15) is 0 Å². The van der Waals surface area contributed by atoms with Crippen LogP contribution in [0.1, 0.15) is 56.9 Å². The molecule has 0 aliphatic rings. The van der Waals surface area contributed by atoms with Gasteiger partial charge in [0.05, 0.1) is 12.2 Å². The van der Waals surface area contributed by atoms with Crippen molar-refractivity contribution in [3.8, 4) is 0 Å². The van der Waals surface area contributed by atoms with Crippen LogP contribution < -0.4 is 5.32 Å². The van der Waals surface area contributed by atoms with Crippen LogP contribution in [0.4, 0.5) is 0 Å². The van der Waals surface area contributed by atoms with Crippen molar-refractivity contribution in [3.05, 3.63) is 30.2 Å². The van der Waals surface area contributed by atoms with Crippen LogP contribution in [0.5, 0.6) is 0 Å². The first-order valence-corrected chi connectivity index (χ1v) is 8.06. The van der Waals surface area contributed by atoms with Crippen molar-refractivity contribution >= 4 is 5.96 Å². The Labute approximate surface area is 134 Å². The lowest BCUT2D eigenvalue weighted by molar-refractivity contribution is 0.368. The topological polar surface area (TPSA) is 53.7 Å². The number of rotatable bonds is 9. The normalized spacial score (nSPS) is 11.8. The van der Waals surface area contributed by atoms with E-state index in [1.54, 1.807) is 7.05 Å². The third-order valence-corrected chi connectivity index (χ3v) is 3.56. The Balaban J connectivity index is 2.35. The van der Waals surface area contributed by atoms with Crippen LogP contribution in [0.15, 0.2) is 28.2 Å². The molecule has 0 fully saturated rings. The summed E-state index contributed by atoms with van der Waals surface area (Å²) >= 11 is 0. The van der Waals surface area contributed by atoms with E-state index in [0.717, 1.165) is 36.8 Å². The monoisotopic (exact) mass is 306 g/mol. The van der Waals surface area contributed by atoms with Crippen LogP contribution in [0.2, 0.25) is 0 Å². The zero-order chi connectivity index (χ0) is 16.4. The Kier molecular flexibility index (Phi) is 8.33. The molecule has 0 aliphatic heterocycles. The molecule has 124 valence electrons. The van der Waals surface area contributed by atoms with E-state index in [1.807, 2.05) is 12.1 Å². The Morgan fingerprint density at radius 1 is 1.45 bits per heavy atom. The third-order valence-electron chi connectivity index (χ3n) is 3.56. The van der Waals surface area contributed by atoms with Crippen LogP contribution in [0, 0.1) is 0 Å². The molecular weight excluding hydrogens is 276 g/mol. The summed E-state index contributed by atoms with van der Waals surface area (Å²) in [7, 11) is 3.86. The number of nitrogens with zero attached hydrogens (tertiary/aromatic N) is 3. The average molecular weight is 306 g/mol. The second-order valence-electron chi connectivity index (χ2n) is 5.83. The molecule has 0 spiro atoms. The molecule has 0 bridgehead atoms. The van der Waals surface area contributed by atoms with Gasteiger partial charge in [-0.15, -0.1) is 6.58 Å². The fraction of sp³-hybridized carbons (Fsp3) is 0.647. The van der Waals surface area contributed by atoms with Crippen molar-refractivity contribution in [2.24, 2.45) is 4.99 Å². The molecule has 22 heavy (non-hydrogen) atoms. The first kappa shape index (κ1) is 18.3. The number of allylic oxidation sites excluding steroid dienone is 1. The van der Waals surface area contributed by atoms with Crippen LogP contribution >= 0.6 is 0 Å². The quantitative estimate of drug-likeness (QED) is 0.328. The smallest absolute Gasteiger partial charge is 0.193 e. The van der Waals surface area contributed by atoms with Crippen molar-refractivity contribution in [1.29, 1.82) is 0 Å². The standard InChI is InChI=1S/C17H30N4O/c1-6-7-8-9-10-11-21(5)17(18-4)19-13-15-12-16(14(2)3)20-22-15/h6,12,14H,1,7-11,13H2,2-5H3,(H,18,19). The highest BCUT2D eigenvalue weighted by molar-refractivity contribution is 5.79. The van der Waals surface area contributed by atoms with Crippen molar-refractivity contribution < 1.29 is 4.52 Å². The number of guanidine groups is 1. The fourth-order valence-electron chi connectivity index (χ4n) is 2.16. The van der Waals surface area contributed by atoms with Gasteiger partial charge in [0.1, 0.15) is 0 Å². The molecule has 0 aliphatic carbocycles. The minimum absolute atomic E-state index is 0.384. The molecule has 0 saturated carbocycles. The molecule has 1 aromatic heterocycles. The van der Waals surface area contributed by atoms with E-state index in [2.05, 4.69) is 47.8 Å². The summed E-state index contributed by atoms with van der Waals surface area (Å²) in [5.74, 6) is 2.10. The first-order valence-electron chi connectivity index (χ1n) is 8.06. The Morgan fingerprint density at radius 3 is 2.82 bits per heavy atom. The van der Waals surface area contributed by atoms with Crippen LogP contribution in [-0.2, 0) is 6.54 Å².